The van der Waals surface area contributed by atoms with Crippen LogP contribution in [0.5, 0.6) is 0 Å². The molecular weight excluding hydrogens is 216 g/mol. The largest absolute Gasteiger partial charge is 0.361 e. The van der Waals surface area contributed by atoms with Gasteiger partial charge in [-0.3, -0.25) is 4.79 Å². The van der Waals surface area contributed by atoms with Crippen LogP contribution in [-0.2, 0) is 4.79 Å². The second-order valence-electron chi connectivity index (χ2n) is 4.33. The average Bonchev–Trinajstić information content (AvgIpc) is 2.27. The molecule has 0 fully saturated rings. The van der Waals surface area contributed by atoms with Crippen LogP contribution >= 0.6 is 0 Å². The molecule has 0 radical (unpaired) electrons. The van der Waals surface area contributed by atoms with E-state index in [0.29, 0.717) is 12.8 Å². The van der Waals surface area contributed by atoms with Crippen molar-refractivity contribution in [3.05, 3.63) is 18.3 Å². The Morgan fingerprint density at radius 2 is 2.29 bits per heavy atom. The van der Waals surface area contributed by atoms with Crippen LogP contribution < -0.4 is 16.0 Å². The highest BCUT2D eigenvalue weighted by molar-refractivity contribution is 5.93. The van der Waals surface area contributed by atoms with Gasteiger partial charge >= 0.3 is 0 Å². The van der Waals surface area contributed by atoms with Gasteiger partial charge in [0, 0.05) is 32.8 Å². The van der Waals surface area contributed by atoms with Crippen molar-refractivity contribution in [2.24, 2.45) is 5.73 Å². The number of amides is 1. The molecule has 94 valence electrons. The molecule has 17 heavy (non-hydrogen) atoms. The Hall–Kier alpha value is -1.62. The summed E-state index contributed by atoms with van der Waals surface area (Å²) in [6.07, 6.45) is 2.82. The van der Waals surface area contributed by atoms with E-state index in [1.807, 2.05) is 32.0 Å². The van der Waals surface area contributed by atoms with Crippen LogP contribution in [0.2, 0.25) is 0 Å². The van der Waals surface area contributed by atoms with Crippen LogP contribution in [0.4, 0.5) is 11.5 Å². The Kier molecular flexibility index (Phi) is 4.90. The molecule has 0 saturated carbocycles. The van der Waals surface area contributed by atoms with Gasteiger partial charge in [0.2, 0.25) is 5.91 Å². The molecule has 1 unspecified atom stereocenters. The van der Waals surface area contributed by atoms with Gasteiger partial charge in [0.1, 0.15) is 0 Å². The first-order valence-electron chi connectivity index (χ1n) is 5.68. The number of carbonyl (C=O) groups excluding carboxylic acids is 1. The maximum Gasteiger partial charge on any atom is 0.224 e. The molecule has 1 atom stereocenters. The van der Waals surface area contributed by atoms with Crippen molar-refractivity contribution in [2.75, 3.05) is 24.3 Å². The van der Waals surface area contributed by atoms with E-state index in [4.69, 9.17) is 5.73 Å². The highest BCUT2D eigenvalue weighted by Gasteiger charge is 2.09. The lowest BCUT2D eigenvalue weighted by molar-refractivity contribution is -0.116. The first-order valence-corrected chi connectivity index (χ1v) is 5.68. The fraction of sp³-hybridized carbons (Fsp3) is 0.500. The SMILES string of the molecule is CC(N)CCC(=O)Nc1cccnc1N(C)C. The lowest BCUT2D eigenvalue weighted by Gasteiger charge is -2.16. The highest BCUT2D eigenvalue weighted by Crippen LogP contribution is 2.20. The predicted octanol–water partition coefficient (Wildman–Crippen LogP) is 1.21. The summed E-state index contributed by atoms with van der Waals surface area (Å²) in [5.41, 5.74) is 6.34. The van der Waals surface area contributed by atoms with E-state index in [0.717, 1.165) is 11.5 Å². The number of nitrogens with two attached hydrogens (primary N) is 1. The minimum Gasteiger partial charge on any atom is -0.361 e. The molecular formula is C12H20N4O. The molecule has 1 heterocycles. The maximum absolute atomic E-state index is 11.7. The molecule has 5 heteroatoms. The summed E-state index contributed by atoms with van der Waals surface area (Å²) in [7, 11) is 3.78. The second-order valence-corrected chi connectivity index (χ2v) is 4.33. The fourth-order valence-corrected chi connectivity index (χ4v) is 1.42. The van der Waals surface area contributed by atoms with Crippen LogP contribution in [0.3, 0.4) is 0 Å². The van der Waals surface area contributed by atoms with Crippen molar-refractivity contribution in [2.45, 2.75) is 25.8 Å². The first kappa shape index (κ1) is 13.4. The third-order valence-corrected chi connectivity index (χ3v) is 2.31. The topological polar surface area (TPSA) is 71.2 Å². The Bertz CT molecular complexity index is 377. The summed E-state index contributed by atoms with van der Waals surface area (Å²) in [6, 6.07) is 3.68. The van der Waals surface area contributed by atoms with Gasteiger partial charge in [-0.1, -0.05) is 0 Å². The number of nitrogens with zero attached hydrogens (tertiary/aromatic N) is 2. The highest BCUT2D eigenvalue weighted by atomic mass is 16.1. The summed E-state index contributed by atoms with van der Waals surface area (Å²) >= 11 is 0. The van der Waals surface area contributed by atoms with Crippen molar-refractivity contribution in [3.63, 3.8) is 0 Å². The van der Waals surface area contributed by atoms with Crippen molar-refractivity contribution in [1.82, 2.24) is 4.98 Å². The molecule has 0 saturated heterocycles. The lowest BCUT2D eigenvalue weighted by atomic mass is 10.2. The fourth-order valence-electron chi connectivity index (χ4n) is 1.42. The van der Waals surface area contributed by atoms with Crippen LogP contribution in [0.15, 0.2) is 18.3 Å². The number of aromatic nitrogens is 1. The molecule has 1 rings (SSSR count). The summed E-state index contributed by atoms with van der Waals surface area (Å²) in [5.74, 6) is 0.722. The Morgan fingerprint density at radius 1 is 1.59 bits per heavy atom. The Labute approximate surface area is 102 Å². The molecule has 0 aliphatic carbocycles. The van der Waals surface area contributed by atoms with Gasteiger partial charge in [-0.25, -0.2) is 4.98 Å². The third-order valence-electron chi connectivity index (χ3n) is 2.31. The van der Waals surface area contributed by atoms with Crippen LogP contribution in [-0.4, -0.2) is 31.0 Å². The summed E-state index contributed by atoms with van der Waals surface area (Å²) < 4.78 is 0. The zero-order chi connectivity index (χ0) is 12.8. The van der Waals surface area contributed by atoms with E-state index in [1.165, 1.54) is 0 Å². The van der Waals surface area contributed by atoms with Gasteiger partial charge in [0.15, 0.2) is 5.82 Å². The number of anilines is 2. The molecule has 0 aliphatic rings. The van der Waals surface area contributed by atoms with Crippen LogP contribution in [0, 0.1) is 0 Å². The number of nitrogens with one attached hydrogen (secondary N) is 1. The molecule has 1 aromatic heterocycles. The quantitative estimate of drug-likeness (QED) is 0.806. The van der Waals surface area contributed by atoms with Crippen molar-refractivity contribution < 1.29 is 4.79 Å². The normalized spacial score (nSPS) is 12.0. The minimum absolute atomic E-state index is 0.0293. The Morgan fingerprint density at radius 3 is 2.88 bits per heavy atom. The molecule has 0 spiro atoms. The van der Waals surface area contributed by atoms with Crippen LogP contribution in [0.25, 0.3) is 0 Å². The molecule has 5 nitrogen and oxygen atoms in total. The van der Waals surface area contributed by atoms with E-state index in [9.17, 15) is 4.79 Å². The van der Waals surface area contributed by atoms with Crippen molar-refractivity contribution >= 4 is 17.4 Å². The molecule has 3 N–H and O–H groups in total. The van der Waals surface area contributed by atoms with Gasteiger partial charge in [-0.15, -0.1) is 0 Å². The van der Waals surface area contributed by atoms with Gasteiger partial charge in [-0.2, -0.15) is 0 Å². The van der Waals surface area contributed by atoms with Gasteiger partial charge in [-0.05, 0) is 25.5 Å². The van der Waals surface area contributed by atoms with E-state index in [-0.39, 0.29) is 11.9 Å². The number of hydrogen-bond acceptors (Lipinski definition) is 4. The number of hydrogen-bond donors (Lipinski definition) is 2. The Balaban J connectivity index is 2.65. The number of carbonyl (C=O) groups is 1. The van der Waals surface area contributed by atoms with E-state index >= 15 is 0 Å². The molecule has 0 aliphatic heterocycles. The molecule has 0 aromatic carbocycles. The standard InChI is InChI=1S/C12H20N4O/c1-9(13)6-7-11(17)15-10-5-4-8-14-12(10)16(2)3/h4-5,8-9H,6-7,13H2,1-3H3,(H,15,17). The summed E-state index contributed by atoms with van der Waals surface area (Å²) in [5, 5.41) is 2.85. The smallest absolute Gasteiger partial charge is 0.224 e. The van der Waals surface area contributed by atoms with Gasteiger partial charge in [0.05, 0.1) is 5.69 Å². The zero-order valence-corrected chi connectivity index (χ0v) is 10.6. The maximum atomic E-state index is 11.7. The van der Waals surface area contributed by atoms with E-state index < -0.39 is 0 Å². The van der Waals surface area contributed by atoms with E-state index in [1.54, 1.807) is 12.3 Å². The van der Waals surface area contributed by atoms with Gasteiger partial charge < -0.3 is 16.0 Å². The summed E-state index contributed by atoms with van der Waals surface area (Å²) in [4.78, 5) is 17.8. The minimum atomic E-state index is -0.0293. The molecule has 1 amide bonds. The van der Waals surface area contributed by atoms with Gasteiger partial charge in [0.25, 0.3) is 0 Å². The zero-order valence-electron chi connectivity index (χ0n) is 10.6. The monoisotopic (exact) mass is 236 g/mol. The van der Waals surface area contributed by atoms with Crippen LogP contribution in [0.1, 0.15) is 19.8 Å². The number of rotatable bonds is 5. The average molecular weight is 236 g/mol. The first-order chi connectivity index (χ1) is 8.00. The molecule has 1 aromatic rings. The molecule has 0 bridgehead atoms. The lowest BCUT2D eigenvalue weighted by Crippen LogP contribution is -2.21. The summed E-state index contributed by atoms with van der Waals surface area (Å²) in [6.45, 7) is 1.89. The number of pyridine rings is 1. The van der Waals surface area contributed by atoms with Crippen molar-refractivity contribution in [3.8, 4) is 0 Å². The van der Waals surface area contributed by atoms with Crippen molar-refractivity contribution in [1.29, 1.82) is 0 Å². The predicted molar refractivity (Wildman–Crippen MR) is 70.1 cm³/mol. The second kappa shape index (κ2) is 6.20. The van der Waals surface area contributed by atoms with E-state index in [2.05, 4.69) is 10.3 Å². The third kappa shape index (κ3) is 4.40.